The van der Waals surface area contributed by atoms with Crippen molar-refractivity contribution in [2.45, 2.75) is 408 Å². The molecule has 0 aromatic rings. The molecule has 0 aromatic carbocycles. The quantitative estimate of drug-likeness (QED) is 0.0204. The molecular formula is C74H139NO13. The maximum Gasteiger partial charge on any atom is 0.220 e. The third kappa shape index (κ3) is 42.4. The number of carbonyl (C=O) groups excluding carboxylic acids is 1. The van der Waals surface area contributed by atoms with E-state index in [1.54, 1.807) is 6.08 Å². The van der Waals surface area contributed by atoms with Gasteiger partial charge in [0.1, 0.15) is 48.8 Å². The minimum absolute atomic E-state index is 0.246. The van der Waals surface area contributed by atoms with Gasteiger partial charge in [-0.1, -0.05) is 320 Å². The first kappa shape index (κ1) is 82.3. The lowest BCUT2D eigenvalue weighted by molar-refractivity contribution is -0.359. The lowest BCUT2D eigenvalue weighted by Gasteiger charge is -2.46. The predicted molar refractivity (Wildman–Crippen MR) is 360 cm³/mol. The van der Waals surface area contributed by atoms with Gasteiger partial charge in [-0.05, 0) is 44.9 Å². The molecule has 12 unspecified atom stereocenters. The molecule has 2 aliphatic heterocycles. The second-order valence-electron chi connectivity index (χ2n) is 26.4. The van der Waals surface area contributed by atoms with Crippen LogP contribution in [0.4, 0.5) is 0 Å². The maximum absolute atomic E-state index is 13.3. The predicted octanol–water partition coefficient (Wildman–Crippen LogP) is 15.7. The average molecular weight is 1250 g/mol. The van der Waals surface area contributed by atoms with Gasteiger partial charge in [-0.2, -0.15) is 0 Å². The summed E-state index contributed by atoms with van der Waals surface area (Å²) >= 11 is 0. The molecule has 0 spiro atoms. The first-order valence-corrected chi connectivity index (χ1v) is 37.2. The van der Waals surface area contributed by atoms with Crippen molar-refractivity contribution in [1.82, 2.24) is 5.32 Å². The number of carbonyl (C=O) groups is 1. The summed E-state index contributed by atoms with van der Waals surface area (Å²) in [4.78, 5) is 13.3. The summed E-state index contributed by atoms with van der Waals surface area (Å²) in [6, 6.07) is -0.937. The average Bonchev–Trinajstić information content (AvgIpc) is 2.92. The van der Waals surface area contributed by atoms with Gasteiger partial charge >= 0.3 is 0 Å². The van der Waals surface area contributed by atoms with Gasteiger partial charge in [0.25, 0.3) is 0 Å². The highest BCUT2D eigenvalue weighted by molar-refractivity contribution is 5.76. The molecule has 2 fully saturated rings. The summed E-state index contributed by atoms with van der Waals surface area (Å²) in [7, 11) is 0. The molecule has 14 heteroatoms. The Morgan fingerprint density at radius 2 is 0.727 bits per heavy atom. The van der Waals surface area contributed by atoms with Gasteiger partial charge in [0.2, 0.25) is 5.91 Å². The minimum Gasteiger partial charge on any atom is -0.394 e. The monoisotopic (exact) mass is 1250 g/mol. The van der Waals surface area contributed by atoms with Crippen molar-refractivity contribution >= 4 is 5.91 Å². The van der Waals surface area contributed by atoms with E-state index in [4.69, 9.17) is 18.9 Å². The van der Waals surface area contributed by atoms with Crippen molar-refractivity contribution < 1.29 is 64.6 Å². The van der Waals surface area contributed by atoms with Crippen LogP contribution in [0.3, 0.4) is 0 Å². The maximum atomic E-state index is 13.3. The van der Waals surface area contributed by atoms with Gasteiger partial charge in [-0.3, -0.25) is 4.79 Å². The molecule has 9 N–H and O–H groups in total. The fourth-order valence-corrected chi connectivity index (χ4v) is 12.4. The van der Waals surface area contributed by atoms with Crippen LogP contribution >= 0.6 is 0 Å². The molecule has 12 atom stereocenters. The van der Waals surface area contributed by atoms with E-state index in [1.165, 1.54) is 257 Å². The molecule has 0 aromatic heterocycles. The summed E-state index contributed by atoms with van der Waals surface area (Å²) in [5, 5.41) is 87.4. The molecule has 0 bridgehead atoms. The van der Waals surface area contributed by atoms with Crippen LogP contribution in [0.25, 0.3) is 0 Å². The first-order valence-electron chi connectivity index (χ1n) is 37.2. The van der Waals surface area contributed by atoms with E-state index < -0.39 is 86.8 Å². The zero-order chi connectivity index (χ0) is 63.8. The van der Waals surface area contributed by atoms with Crippen LogP contribution in [0, 0.1) is 0 Å². The highest BCUT2D eigenvalue weighted by Crippen LogP contribution is 2.30. The highest BCUT2D eigenvalue weighted by Gasteiger charge is 2.51. The molecule has 518 valence electrons. The number of nitrogens with one attached hydrogen (secondary N) is 1. The van der Waals surface area contributed by atoms with E-state index in [1.807, 2.05) is 6.08 Å². The third-order valence-electron chi connectivity index (χ3n) is 18.3. The third-order valence-corrected chi connectivity index (χ3v) is 18.3. The van der Waals surface area contributed by atoms with Gasteiger partial charge in [0.05, 0.1) is 32.0 Å². The van der Waals surface area contributed by atoms with Crippen LogP contribution in [0.15, 0.2) is 36.5 Å². The van der Waals surface area contributed by atoms with Gasteiger partial charge in [-0.25, -0.2) is 0 Å². The Kier molecular flexibility index (Phi) is 55.2. The molecule has 1 amide bonds. The number of unbranched alkanes of at least 4 members (excludes halogenated alkanes) is 45. The Morgan fingerprint density at radius 3 is 1.11 bits per heavy atom. The van der Waals surface area contributed by atoms with E-state index in [9.17, 15) is 45.6 Å². The summed E-state index contributed by atoms with van der Waals surface area (Å²) in [5.41, 5.74) is 0. The van der Waals surface area contributed by atoms with Gasteiger partial charge in [0, 0.05) is 6.42 Å². The Morgan fingerprint density at radius 1 is 0.398 bits per heavy atom. The number of rotatable bonds is 62. The lowest BCUT2D eigenvalue weighted by atomic mass is 9.97. The molecule has 88 heavy (non-hydrogen) atoms. The fourth-order valence-electron chi connectivity index (χ4n) is 12.4. The van der Waals surface area contributed by atoms with Crippen molar-refractivity contribution in [3.63, 3.8) is 0 Å². The van der Waals surface area contributed by atoms with E-state index in [0.29, 0.717) is 12.8 Å². The Balaban J connectivity index is 1.65. The number of ether oxygens (including phenoxy) is 4. The standard InChI is InChI=1S/C74H139NO13/c1-3-5-7-9-11-13-15-17-19-21-23-25-27-28-29-30-31-32-33-34-35-36-38-40-42-44-46-48-50-52-54-56-58-66(79)75-62(61-85-73-71(84)69(82)72(65(60-77)87-73)88-74-70(83)68(81)67(80)64(59-76)86-74)63(78)57-55-53-51-49-47-45-43-41-39-37-26-24-22-20-18-16-14-12-10-8-6-4-2/h39,41,47,49,55,57,62-65,67-74,76-78,80-84H,3-38,40,42-46,48,50-54,56,58-61H2,1-2H3,(H,75,79)/b41-39+,49-47+,57-55+. The number of hydrogen-bond acceptors (Lipinski definition) is 13. The fraction of sp³-hybridized carbons (Fsp3) is 0.905. The van der Waals surface area contributed by atoms with E-state index in [-0.39, 0.29) is 18.9 Å². The van der Waals surface area contributed by atoms with Crippen LogP contribution in [0.5, 0.6) is 0 Å². The van der Waals surface area contributed by atoms with Gasteiger partial charge < -0.3 is 65.1 Å². The second-order valence-corrected chi connectivity index (χ2v) is 26.4. The van der Waals surface area contributed by atoms with Crippen LogP contribution in [-0.4, -0.2) is 140 Å². The number of hydrogen-bond donors (Lipinski definition) is 9. The number of aliphatic hydroxyl groups is 8. The van der Waals surface area contributed by atoms with Crippen molar-refractivity contribution in [1.29, 1.82) is 0 Å². The number of allylic oxidation sites excluding steroid dienone is 5. The topological polar surface area (TPSA) is 228 Å². The SMILES string of the molecule is CCCCCCCCCCCCCC/C=C/CC/C=C/CC/C=C/C(O)C(COC1OC(CO)C(OC2OC(CO)C(O)C(O)C2O)C(O)C1O)NC(=O)CCCCCCCCCCCCCCCCCCCCCCCCCCCCCCCCCC. The molecule has 14 nitrogen and oxygen atoms in total. The number of amides is 1. The largest absolute Gasteiger partial charge is 0.394 e. The summed E-state index contributed by atoms with van der Waals surface area (Å²) < 4.78 is 22.9. The minimum atomic E-state index is -1.79. The van der Waals surface area contributed by atoms with E-state index in [2.05, 4.69) is 43.5 Å². The molecule has 2 aliphatic rings. The lowest BCUT2D eigenvalue weighted by Crippen LogP contribution is -2.65. The van der Waals surface area contributed by atoms with Crippen molar-refractivity contribution in [2.75, 3.05) is 19.8 Å². The van der Waals surface area contributed by atoms with Crippen molar-refractivity contribution in [3.05, 3.63) is 36.5 Å². The first-order chi connectivity index (χ1) is 43.1. The van der Waals surface area contributed by atoms with Crippen LogP contribution in [-0.2, 0) is 23.7 Å². The van der Waals surface area contributed by atoms with Crippen LogP contribution in [0.2, 0.25) is 0 Å². The van der Waals surface area contributed by atoms with Crippen LogP contribution in [0.1, 0.15) is 335 Å². The molecule has 0 aliphatic carbocycles. The van der Waals surface area contributed by atoms with Crippen molar-refractivity contribution in [2.24, 2.45) is 0 Å². The molecule has 2 saturated heterocycles. The van der Waals surface area contributed by atoms with Gasteiger partial charge in [-0.15, -0.1) is 0 Å². The molecule has 2 heterocycles. The Hall–Kier alpha value is -1.79. The molecular weight excluding hydrogens is 1110 g/mol. The molecule has 2 rings (SSSR count). The zero-order valence-electron chi connectivity index (χ0n) is 56.5. The highest BCUT2D eigenvalue weighted by atomic mass is 16.7. The zero-order valence-corrected chi connectivity index (χ0v) is 56.5. The number of aliphatic hydroxyl groups excluding tert-OH is 8. The van der Waals surface area contributed by atoms with Gasteiger partial charge in [0.15, 0.2) is 12.6 Å². The summed E-state index contributed by atoms with van der Waals surface area (Å²) in [6.45, 7) is 2.83. The summed E-state index contributed by atoms with van der Waals surface area (Å²) in [6.07, 6.45) is 59.4. The van der Waals surface area contributed by atoms with E-state index in [0.717, 1.165) is 44.9 Å². The normalized spacial score (nSPS) is 23.3. The van der Waals surface area contributed by atoms with E-state index >= 15 is 0 Å². The molecule has 0 saturated carbocycles. The summed E-state index contributed by atoms with van der Waals surface area (Å²) in [5.74, 6) is -0.246. The smallest absolute Gasteiger partial charge is 0.220 e. The Bertz CT molecular complexity index is 1620. The Labute approximate surface area is 538 Å². The van der Waals surface area contributed by atoms with Crippen LogP contribution < -0.4 is 5.32 Å². The second kappa shape index (κ2) is 59.0. The van der Waals surface area contributed by atoms with Crippen molar-refractivity contribution in [3.8, 4) is 0 Å². The molecule has 0 radical (unpaired) electrons.